The lowest BCUT2D eigenvalue weighted by Crippen LogP contribution is -2.55. The van der Waals surface area contributed by atoms with E-state index in [0.717, 1.165) is 35.8 Å². The van der Waals surface area contributed by atoms with Gasteiger partial charge >= 0.3 is 0 Å². The highest BCUT2D eigenvalue weighted by atomic mass is 28.4. The maximum Gasteiger partial charge on any atom is 0.190 e. The van der Waals surface area contributed by atoms with E-state index in [1.165, 1.54) is 57.8 Å². The van der Waals surface area contributed by atoms with E-state index in [2.05, 4.69) is 65.3 Å². The molecule has 0 radical (unpaired) electrons. The van der Waals surface area contributed by atoms with Crippen molar-refractivity contribution in [2.75, 3.05) is 0 Å². The second-order valence-electron chi connectivity index (χ2n) is 13.9. The van der Waals surface area contributed by atoms with Crippen molar-refractivity contribution in [2.45, 2.75) is 122 Å². The molecule has 4 saturated carbocycles. The molecule has 0 bridgehead atoms. The smallest absolute Gasteiger partial charge is 0.190 e. The van der Waals surface area contributed by atoms with Gasteiger partial charge in [0.1, 0.15) is 0 Å². The fourth-order valence-electron chi connectivity index (χ4n) is 9.10. The molecule has 0 N–H and O–H groups in total. The van der Waals surface area contributed by atoms with Crippen molar-refractivity contribution in [3.8, 4) is 0 Å². The van der Waals surface area contributed by atoms with E-state index >= 15 is 0 Å². The molecule has 4 aliphatic carbocycles. The molecule has 33 heavy (non-hydrogen) atoms. The molecule has 0 saturated heterocycles. The first-order valence-corrected chi connectivity index (χ1v) is 20.2. The Balaban J connectivity index is 1.45. The van der Waals surface area contributed by atoms with Crippen LogP contribution in [0.2, 0.25) is 38.3 Å². The average Bonchev–Trinajstić information content (AvgIpc) is 3.03. The summed E-state index contributed by atoms with van der Waals surface area (Å²) in [4.78, 5) is 0. The predicted molar refractivity (Wildman–Crippen MR) is 146 cm³/mol. The molecule has 4 aliphatic rings. The average molecular weight is 489 g/mol. The summed E-state index contributed by atoms with van der Waals surface area (Å²) < 4.78 is 13.7. The molecule has 0 aromatic heterocycles. The quantitative estimate of drug-likeness (QED) is 0.251. The van der Waals surface area contributed by atoms with Gasteiger partial charge in [-0.05, 0) is 131 Å². The fraction of sp³-hybridized carbons (Fsp3) is 0.862. The molecule has 0 aliphatic heterocycles. The van der Waals surface area contributed by atoms with Crippen LogP contribution in [0.5, 0.6) is 0 Å². The molecule has 4 heteroatoms. The summed E-state index contributed by atoms with van der Waals surface area (Å²) in [6.45, 7) is 22.8. The first-order chi connectivity index (χ1) is 15.4. The van der Waals surface area contributed by atoms with Crippen molar-refractivity contribution < 1.29 is 8.85 Å². The van der Waals surface area contributed by atoms with Gasteiger partial charge in [0.2, 0.25) is 0 Å². The van der Waals surface area contributed by atoms with Crippen LogP contribution in [0.25, 0.3) is 0 Å². The van der Waals surface area contributed by atoms with Crippen molar-refractivity contribution in [1.29, 1.82) is 0 Å². The van der Waals surface area contributed by atoms with Crippen LogP contribution in [-0.4, -0.2) is 28.8 Å². The van der Waals surface area contributed by atoms with E-state index < -0.39 is 16.6 Å². The van der Waals surface area contributed by atoms with Crippen LogP contribution < -0.4 is 0 Å². The van der Waals surface area contributed by atoms with Gasteiger partial charge in [0, 0.05) is 6.10 Å². The Morgan fingerprint density at radius 3 is 2.03 bits per heavy atom. The summed E-state index contributed by atoms with van der Waals surface area (Å²) in [5, 5.41) is 0. The third-order valence-corrected chi connectivity index (χ3v) is 15.2. The number of allylic oxidation sites excluding steroid dienone is 2. The minimum absolute atomic E-state index is 0.399. The second-order valence-corrected chi connectivity index (χ2v) is 22.2. The van der Waals surface area contributed by atoms with Crippen molar-refractivity contribution >= 4 is 16.6 Å². The molecule has 0 amide bonds. The van der Waals surface area contributed by atoms with Gasteiger partial charge in [0.25, 0.3) is 0 Å². The highest BCUT2D eigenvalue weighted by Gasteiger charge is 2.61. The molecular weight excluding hydrogens is 436 g/mol. The van der Waals surface area contributed by atoms with Crippen LogP contribution in [0.1, 0.15) is 71.6 Å². The van der Waals surface area contributed by atoms with E-state index in [1.807, 2.05) is 0 Å². The van der Waals surface area contributed by atoms with Crippen LogP contribution in [-0.2, 0) is 8.85 Å². The van der Waals surface area contributed by atoms with Gasteiger partial charge in [-0.15, -0.1) is 13.2 Å². The zero-order valence-electron chi connectivity index (χ0n) is 22.6. The van der Waals surface area contributed by atoms with E-state index in [4.69, 9.17) is 8.85 Å². The van der Waals surface area contributed by atoms with Crippen LogP contribution in [0.15, 0.2) is 25.3 Å². The van der Waals surface area contributed by atoms with E-state index in [9.17, 15) is 0 Å². The van der Waals surface area contributed by atoms with E-state index in [-0.39, 0.29) is 0 Å². The van der Waals surface area contributed by atoms with Crippen molar-refractivity contribution in [3.63, 3.8) is 0 Å². The molecule has 2 nitrogen and oxygen atoms in total. The van der Waals surface area contributed by atoms with Gasteiger partial charge < -0.3 is 8.85 Å². The molecule has 0 aromatic rings. The third kappa shape index (κ3) is 4.93. The molecule has 0 aromatic carbocycles. The molecule has 0 spiro atoms. The first kappa shape index (κ1) is 25.9. The van der Waals surface area contributed by atoms with Crippen molar-refractivity contribution in [1.82, 2.24) is 0 Å². The minimum Gasteiger partial charge on any atom is -0.414 e. The van der Waals surface area contributed by atoms with Gasteiger partial charge in [0.05, 0.1) is 6.10 Å². The predicted octanol–water partition coefficient (Wildman–Crippen LogP) is 8.58. The minimum atomic E-state index is -1.65. The summed E-state index contributed by atoms with van der Waals surface area (Å²) >= 11 is 0. The number of hydrogen-bond acceptors (Lipinski definition) is 2. The van der Waals surface area contributed by atoms with Gasteiger partial charge in [-0.25, -0.2) is 0 Å². The van der Waals surface area contributed by atoms with Crippen LogP contribution >= 0.6 is 0 Å². The van der Waals surface area contributed by atoms with Gasteiger partial charge in [-0.3, -0.25) is 0 Å². The molecular formula is C29H52O2Si2. The Labute approximate surface area is 207 Å². The zero-order chi connectivity index (χ0) is 24.1. The van der Waals surface area contributed by atoms with E-state index in [0.29, 0.717) is 23.0 Å². The lowest BCUT2D eigenvalue weighted by Gasteiger charge is -2.61. The Morgan fingerprint density at radius 1 is 0.758 bits per heavy atom. The summed E-state index contributed by atoms with van der Waals surface area (Å²) in [6, 6.07) is 2.15. The largest absolute Gasteiger partial charge is 0.414 e. The molecule has 8 atom stereocenters. The molecule has 4 rings (SSSR count). The molecule has 0 heterocycles. The third-order valence-electron chi connectivity index (χ3n) is 10.7. The maximum atomic E-state index is 6.95. The Hall–Kier alpha value is -0.166. The Bertz CT molecular complexity index is 733. The standard InChI is InChI=1S/C29H52O2Si2/c1-9-19-32(5,6)30-23-15-17-28(3)22(21-23)11-12-24-25-13-14-27(31-33(7,8)20-10-2)29(25,4)18-16-26(24)28/h9-10,22-27H,1-2,11-21H2,3-8H3/t22-,23-,24-,25-,26-,27-,28-,29-/m0/s1. The Kier molecular flexibility index (Phi) is 7.36. The number of rotatable bonds is 8. The number of hydrogen-bond donors (Lipinski definition) is 0. The normalized spacial score (nSPS) is 43.3. The van der Waals surface area contributed by atoms with Crippen molar-refractivity contribution in [2.24, 2.45) is 34.5 Å². The van der Waals surface area contributed by atoms with Gasteiger partial charge in [0.15, 0.2) is 16.6 Å². The summed E-state index contributed by atoms with van der Waals surface area (Å²) in [5.41, 5.74) is 0.931. The van der Waals surface area contributed by atoms with E-state index in [1.54, 1.807) is 0 Å². The summed E-state index contributed by atoms with van der Waals surface area (Å²) in [5.74, 6) is 3.58. The molecule has 0 unspecified atom stereocenters. The summed E-state index contributed by atoms with van der Waals surface area (Å²) in [6.07, 6.45) is 17.5. The summed E-state index contributed by atoms with van der Waals surface area (Å²) in [7, 11) is -3.25. The van der Waals surface area contributed by atoms with Crippen molar-refractivity contribution in [3.05, 3.63) is 25.3 Å². The topological polar surface area (TPSA) is 18.5 Å². The first-order valence-electron chi connectivity index (χ1n) is 14.0. The highest BCUT2D eigenvalue weighted by Crippen LogP contribution is 2.67. The lowest BCUT2D eigenvalue weighted by atomic mass is 9.45. The van der Waals surface area contributed by atoms with Gasteiger partial charge in [-0.1, -0.05) is 26.0 Å². The highest BCUT2D eigenvalue weighted by molar-refractivity contribution is 6.72. The zero-order valence-corrected chi connectivity index (χ0v) is 24.6. The van der Waals surface area contributed by atoms with Crippen LogP contribution in [0.4, 0.5) is 0 Å². The second kappa shape index (κ2) is 9.37. The SMILES string of the molecule is C=CC[Si](C)(C)O[C@H]1CC[C@@]2(C)[C@@H](CC[C@@H]3[C@@H]2CC[C@]2(C)[C@@H](O[Si](C)(C)CC=C)CC[C@@H]32)C1. The number of fused-ring (bicyclic) bond motifs is 5. The maximum absolute atomic E-state index is 6.95. The molecule has 188 valence electrons. The van der Waals surface area contributed by atoms with Gasteiger partial charge in [-0.2, -0.15) is 0 Å². The monoisotopic (exact) mass is 488 g/mol. The Morgan fingerprint density at radius 2 is 1.36 bits per heavy atom. The van der Waals surface area contributed by atoms with Crippen LogP contribution in [0, 0.1) is 34.5 Å². The fourth-order valence-corrected chi connectivity index (χ4v) is 13.0. The van der Waals surface area contributed by atoms with Crippen LogP contribution in [0.3, 0.4) is 0 Å². The lowest BCUT2D eigenvalue weighted by molar-refractivity contribution is -0.130. The molecule has 4 fully saturated rings.